The number of benzene rings is 2. The van der Waals surface area contributed by atoms with E-state index in [1.54, 1.807) is 37.3 Å². The van der Waals surface area contributed by atoms with E-state index in [2.05, 4.69) is 5.32 Å². The van der Waals surface area contributed by atoms with Gasteiger partial charge in [0, 0.05) is 5.69 Å². The molecule has 20 heavy (non-hydrogen) atoms. The van der Waals surface area contributed by atoms with Gasteiger partial charge < -0.3 is 10.4 Å². The van der Waals surface area contributed by atoms with Gasteiger partial charge in [0.2, 0.25) is 0 Å². The van der Waals surface area contributed by atoms with E-state index in [1.807, 2.05) is 6.07 Å². The molecule has 0 unspecified atom stereocenters. The van der Waals surface area contributed by atoms with Crippen LogP contribution >= 0.6 is 11.6 Å². The van der Waals surface area contributed by atoms with E-state index in [9.17, 15) is 4.79 Å². The Morgan fingerprint density at radius 3 is 2.65 bits per heavy atom. The Morgan fingerprint density at radius 2 is 2.05 bits per heavy atom. The first-order valence-electron chi connectivity index (χ1n) is 5.82. The van der Waals surface area contributed by atoms with E-state index in [0.29, 0.717) is 27.5 Å². The van der Waals surface area contributed by atoms with E-state index in [-0.39, 0.29) is 5.56 Å². The number of hydrogen-bond donors (Lipinski definition) is 2. The minimum absolute atomic E-state index is 0.257. The molecule has 2 aromatic rings. The lowest BCUT2D eigenvalue weighted by atomic mass is 10.1. The van der Waals surface area contributed by atoms with Gasteiger partial charge in [0.1, 0.15) is 0 Å². The number of carboxylic acid groups (broad SMARTS) is 1. The summed E-state index contributed by atoms with van der Waals surface area (Å²) in [5.74, 6) is -0.960. The fourth-order valence-corrected chi connectivity index (χ4v) is 1.99. The van der Waals surface area contributed by atoms with Crippen LogP contribution < -0.4 is 5.32 Å². The molecule has 0 fully saturated rings. The second-order valence-electron chi connectivity index (χ2n) is 4.27. The number of aryl methyl sites for hydroxylation is 1. The lowest BCUT2D eigenvalue weighted by molar-refractivity contribution is 0.0696. The Labute approximate surface area is 121 Å². The highest BCUT2D eigenvalue weighted by atomic mass is 35.5. The molecule has 0 aliphatic rings. The smallest absolute Gasteiger partial charge is 0.335 e. The summed E-state index contributed by atoms with van der Waals surface area (Å²) < 4.78 is 0. The average molecular weight is 287 g/mol. The molecular weight excluding hydrogens is 276 g/mol. The molecule has 0 aromatic heterocycles. The van der Waals surface area contributed by atoms with Crippen molar-refractivity contribution in [1.29, 1.82) is 5.26 Å². The van der Waals surface area contributed by atoms with E-state index in [1.165, 1.54) is 6.07 Å². The van der Waals surface area contributed by atoms with Crippen LogP contribution in [-0.2, 0) is 0 Å². The second-order valence-corrected chi connectivity index (χ2v) is 4.67. The molecule has 2 aromatic carbocycles. The molecule has 2 rings (SSSR count). The SMILES string of the molecule is Cc1cc(Nc2cc(C#N)ccc2Cl)ccc1C(=O)O. The Kier molecular flexibility index (Phi) is 3.92. The zero-order chi connectivity index (χ0) is 14.7. The third-order valence-electron chi connectivity index (χ3n) is 2.83. The number of anilines is 2. The first-order chi connectivity index (χ1) is 9.51. The minimum Gasteiger partial charge on any atom is -0.478 e. The van der Waals surface area contributed by atoms with Crippen molar-refractivity contribution in [2.75, 3.05) is 5.32 Å². The molecule has 2 N–H and O–H groups in total. The van der Waals surface area contributed by atoms with Crippen molar-refractivity contribution in [3.8, 4) is 6.07 Å². The van der Waals surface area contributed by atoms with Gasteiger partial charge in [-0.1, -0.05) is 11.6 Å². The largest absolute Gasteiger partial charge is 0.478 e. The number of hydrogen-bond acceptors (Lipinski definition) is 3. The first-order valence-corrected chi connectivity index (χ1v) is 6.19. The fourth-order valence-electron chi connectivity index (χ4n) is 1.83. The lowest BCUT2D eigenvalue weighted by Gasteiger charge is -2.10. The van der Waals surface area contributed by atoms with Gasteiger partial charge >= 0.3 is 5.97 Å². The number of halogens is 1. The molecule has 0 aliphatic heterocycles. The number of nitrogens with one attached hydrogen (secondary N) is 1. The highest BCUT2D eigenvalue weighted by Crippen LogP contribution is 2.27. The summed E-state index contributed by atoms with van der Waals surface area (Å²) in [5, 5.41) is 21.4. The van der Waals surface area contributed by atoms with Gasteiger partial charge in [-0.15, -0.1) is 0 Å². The predicted octanol–water partition coefficient (Wildman–Crippen LogP) is 3.96. The summed E-state index contributed by atoms with van der Waals surface area (Å²) in [5.41, 5.74) is 2.72. The standard InChI is InChI=1S/C15H11ClN2O2/c1-9-6-11(3-4-12(9)15(19)20)18-14-7-10(8-17)2-5-13(14)16/h2-7,18H,1H3,(H,19,20). The first kappa shape index (κ1) is 13.9. The summed E-state index contributed by atoms with van der Waals surface area (Å²) in [6.45, 7) is 1.72. The van der Waals surface area contributed by atoms with Crippen molar-refractivity contribution < 1.29 is 9.90 Å². The molecule has 0 radical (unpaired) electrons. The maximum absolute atomic E-state index is 11.0. The molecule has 0 saturated carbocycles. The monoisotopic (exact) mass is 286 g/mol. The van der Waals surface area contributed by atoms with Crippen LogP contribution in [0.15, 0.2) is 36.4 Å². The van der Waals surface area contributed by atoms with Crippen molar-refractivity contribution in [3.63, 3.8) is 0 Å². The van der Waals surface area contributed by atoms with Crippen LogP contribution in [0.4, 0.5) is 11.4 Å². The molecule has 0 heterocycles. The Hall–Kier alpha value is -2.51. The fraction of sp³-hybridized carbons (Fsp3) is 0.0667. The van der Waals surface area contributed by atoms with Crippen LogP contribution in [0.3, 0.4) is 0 Å². The Morgan fingerprint density at radius 1 is 1.30 bits per heavy atom. The van der Waals surface area contributed by atoms with Crippen LogP contribution in [-0.4, -0.2) is 11.1 Å². The summed E-state index contributed by atoms with van der Waals surface area (Å²) in [6.07, 6.45) is 0. The van der Waals surface area contributed by atoms with Gasteiger partial charge in [-0.05, 0) is 48.9 Å². The van der Waals surface area contributed by atoms with Gasteiger partial charge in [0.05, 0.1) is 27.9 Å². The third-order valence-corrected chi connectivity index (χ3v) is 3.16. The summed E-state index contributed by atoms with van der Waals surface area (Å²) in [7, 11) is 0. The minimum atomic E-state index is -0.960. The zero-order valence-electron chi connectivity index (χ0n) is 10.6. The highest BCUT2D eigenvalue weighted by molar-refractivity contribution is 6.33. The Balaban J connectivity index is 2.33. The van der Waals surface area contributed by atoms with E-state index < -0.39 is 5.97 Å². The quantitative estimate of drug-likeness (QED) is 0.895. The molecular formula is C15H11ClN2O2. The van der Waals surface area contributed by atoms with E-state index in [4.69, 9.17) is 22.0 Å². The maximum Gasteiger partial charge on any atom is 0.335 e. The summed E-state index contributed by atoms with van der Waals surface area (Å²) >= 11 is 6.06. The molecule has 0 spiro atoms. The molecule has 0 atom stereocenters. The van der Waals surface area contributed by atoms with Crippen molar-refractivity contribution in [1.82, 2.24) is 0 Å². The molecule has 0 aliphatic carbocycles. The number of carbonyl (C=O) groups is 1. The van der Waals surface area contributed by atoms with Gasteiger partial charge in [-0.2, -0.15) is 5.26 Å². The number of carboxylic acids is 1. The van der Waals surface area contributed by atoms with Crippen LogP contribution in [0.1, 0.15) is 21.5 Å². The molecule has 100 valence electrons. The summed E-state index contributed by atoms with van der Waals surface area (Å²) in [4.78, 5) is 11.0. The van der Waals surface area contributed by atoms with Crippen LogP contribution in [0.2, 0.25) is 5.02 Å². The number of rotatable bonds is 3. The van der Waals surface area contributed by atoms with Crippen LogP contribution in [0.25, 0.3) is 0 Å². The van der Waals surface area contributed by atoms with Crippen molar-refractivity contribution in [2.45, 2.75) is 6.92 Å². The maximum atomic E-state index is 11.0. The van der Waals surface area contributed by atoms with Gasteiger partial charge in [-0.25, -0.2) is 4.79 Å². The summed E-state index contributed by atoms with van der Waals surface area (Å²) in [6, 6.07) is 11.9. The molecule has 0 bridgehead atoms. The topological polar surface area (TPSA) is 73.1 Å². The predicted molar refractivity (Wildman–Crippen MR) is 77.6 cm³/mol. The second kappa shape index (κ2) is 5.64. The highest BCUT2D eigenvalue weighted by Gasteiger charge is 2.08. The normalized spacial score (nSPS) is 9.85. The number of aromatic carboxylic acids is 1. The lowest BCUT2D eigenvalue weighted by Crippen LogP contribution is -2.00. The number of nitrogens with zero attached hydrogens (tertiary/aromatic N) is 1. The van der Waals surface area contributed by atoms with Crippen molar-refractivity contribution >= 4 is 28.9 Å². The van der Waals surface area contributed by atoms with Crippen LogP contribution in [0.5, 0.6) is 0 Å². The molecule has 0 saturated heterocycles. The van der Waals surface area contributed by atoms with Gasteiger partial charge in [0.15, 0.2) is 0 Å². The number of nitriles is 1. The third kappa shape index (κ3) is 2.90. The van der Waals surface area contributed by atoms with Gasteiger partial charge in [-0.3, -0.25) is 0 Å². The van der Waals surface area contributed by atoms with Crippen LogP contribution in [0, 0.1) is 18.3 Å². The zero-order valence-corrected chi connectivity index (χ0v) is 11.4. The van der Waals surface area contributed by atoms with Crippen molar-refractivity contribution in [2.24, 2.45) is 0 Å². The van der Waals surface area contributed by atoms with E-state index in [0.717, 1.165) is 0 Å². The van der Waals surface area contributed by atoms with Crippen molar-refractivity contribution in [3.05, 3.63) is 58.1 Å². The molecule has 5 heteroatoms. The molecule has 0 amide bonds. The Bertz CT molecular complexity index is 720. The molecule has 4 nitrogen and oxygen atoms in total. The average Bonchev–Trinajstić information content (AvgIpc) is 2.41. The van der Waals surface area contributed by atoms with E-state index >= 15 is 0 Å². The van der Waals surface area contributed by atoms with Gasteiger partial charge in [0.25, 0.3) is 0 Å².